The van der Waals surface area contributed by atoms with Gasteiger partial charge in [0.15, 0.2) is 5.69 Å². The molecule has 9 nitrogen and oxygen atoms in total. The van der Waals surface area contributed by atoms with Crippen LogP contribution in [0, 0.1) is 18.3 Å². The number of hydrogen-bond donors (Lipinski definition) is 1. The minimum absolute atomic E-state index is 0.0789. The van der Waals surface area contributed by atoms with Crippen molar-refractivity contribution in [3.05, 3.63) is 47.8 Å². The van der Waals surface area contributed by atoms with E-state index in [0.29, 0.717) is 24.1 Å². The van der Waals surface area contributed by atoms with E-state index in [1.807, 2.05) is 6.07 Å². The van der Waals surface area contributed by atoms with Crippen molar-refractivity contribution in [2.75, 3.05) is 24.7 Å². The summed E-state index contributed by atoms with van der Waals surface area (Å²) in [4.78, 5) is 15.9. The van der Waals surface area contributed by atoms with E-state index in [9.17, 15) is 27.4 Å². The summed E-state index contributed by atoms with van der Waals surface area (Å²) in [5.41, 5.74) is -0.667. The summed E-state index contributed by atoms with van der Waals surface area (Å²) in [5.74, 6) is -0.184. The molecule has 0 radical (unpaired) electrons. The molecule has 1 aliphatic rings. The minimum Gasteiger partial charge on any atom is -0.598 e. The summed E-state index contributed by atoms with van der Waals surface area (Å²) in [6, 6.07) is 4.47. The molecule has 0 aromatic carbocycles. The van der Waals surface area contributed by atoms with Crippen LogP contribution in [0.15, 0.2) is 30.9 Å². The lowest BCUT2D eigenvalue weighted by atomic mass is 10.1. The topological polar surface area (TPSA) is 119 Å². The molecule has 0 amide bonds. The van der Waals surface area contributed by atoms with Crippen LogP contribution in [0.1, 0.15) is 23.4 Å². The molecule has 4 rings (SSSR count). The Kier molecular flexibility index (Phi) is 6.93. The van der Waals surface area contributed by atoms with Crippen LogP contribution in [-0.4, -0.2) is 64.9 Å². The van der Waals surface area contributed by atoms with Crippen LogP contribution < -0.4 is 5.32 Å². The largest absolute Gasteiger partial charge is 0.598 e. The van der Waals surface area contributed by atoms with E-state index in [-0.39, 0.29) is 30.3 Å². The highest BCUT2D eigenvalue weighted by Gasteiger charge is 2.37. The normalized spacial score (nSPS) is 19.8. The molecule has 184 valence electrons. The first-order valence-electron chi connectivity index (χ1n) is 10.4. The number of halogens is 4. The molecule has 35 heavy (non-hydrogen) atoms. The van der Waals surface area contributed by atoms with Gasteiger partial charge in [0.05, 0.1) is 18.3 Å². The maximum Gasteiger partial charge on any atom is 0.420 e. The van der Waals surface area contributed by atoms with Crippen LogP contribution in [0.2, 0.25) is 0 Å². The van der Waals surface area contributed by atoms with Gasteiger partial charge in [-0.05, 0) is 25.5 Å². The first-order valence-corrected chi connectivity index (χ1v) is 11.9. The maximum absolute atomic E-state index is 14.6. The highest BCUT2D eigenvalue weighted by molar-refractivity contribution is 7.88. The van der Waals surface area contributed by atoms with E-state index in [1.165, 1.54) is 27.7 Å². The lowest BCUT2D eigenvalue weighted by molar-refractivity contribution is -0.137. The molecule has 1 saturated heterocycles. The molecule has 3 atom stereocenters. The molecule has 1 aliphatic heterocycles. The van der Waals surface area contributed by atoms with E-state index in [4.69, 9.17) is 0 Å². The van der Waals surface area contributed by atoms with E-state index < -0.39 is 41.0 Å². The minimum atomic E-state index is -4.76. The van der Waals surface area contributed by atoms with Gasteiger partial charge in [-0.3, -0.25) is 0 Å². The first-order chi connectivity index (χ1) is 16.6. The Labute approximate surface area is 201 Å². The Morgan fingerprint density at radius 1 is 1.26 bits per heavy atom. The summed E-state index contributed by atoms with van der Waals surface area (Å²) < 4.78 is 70.2. The molecule has 3 unspecified atom stereocenters. The number of nitriles is 1. The Morgan fingerprint density at radius 3 is 2.69 bits per heavy atom. The number of hydrogen-bond acceptors (Lipinski definition) is 8. The molecule has 0 aliphatic carbocycles. The number of anilines is 1. The van der Waals surface area contributed by atoms with Gasteiger partial charge >= 0.3 is 6.18 Å². The van der Waals surface area contributed by atoms with Crippen molar-refractivity contribution in [3.63, 3.8) is 0 Å². The van der Waals surface area contributed by atoms with Crippen LogP contribution in [0.5, 0.6) is 0 Å². The molecule has 0 spiro atoms. The number of rotatable bonds is 5. The Balaban J connectivity index is 1.66. The summed E-state index contributed by atoms with van der Waals surface area (Å²) in [5, 5.41) is 12.1. The van der Waals surface area contributed by atoms with Gasteiger partial charge in [-0.25, -0.2) is 24.3 Å². The molecule has 1 N–H and O–H groups in total. The zero-order valence-electron chi connectivity index (χ0n) is 18.6. The monoisotopic (exact) mass is 508 g/mol. The van der Waals surface area contributed by atoms with Gasteiger partial charge in [0.2, 0.25) is 5.95 Å². The second-order valence-electron chi connectivity index (χ2n) is 7.92. The van der Waals surface area contributed by atoms with E-state index in [1.54, 1.807) is 19.1 Å². The van der Waals surface area contributed by atoms with Gasteiger partial charge in [-0.15, -0.1) is 4.31 Å². The number of imidazole rings is 1. The molecule has 3 aromatic heterocycles. The van der Waals surface area contributed by atoms with E-state index in [0.717, 1.165) is 0 Å². The summed E-state index contributed by atoms with van der Waals surface area (Å²) in [7, 11) is 0. The fraction of sp³-hybridized carbons (Fsp3) is 0.381. The second kappa shape index (κ2) is 9.76. The fourth-order valence-electron chi connectivity index (χ4n) is 3.71. The lowest BCUT2D eigenvalue weighted by Crippen LogP contribution is -2.49. The predicted octanol–water partition coefficient (Wildman–Crippen LogP) is 3.04. The third kappa shape index (κ3) is 5.37. The SMILES string of the molecule is Cc1ccc(-n2cnc(-c3nc(NC4CCN([S+](C)[O-])CC4F)ncc3C(F)(F)F)c2)c(C#N)n1. The van der Waals surface area contributed by atoms with Crippen molar-refractivity contribution in [1.82, 2.24) is 28.8 Å². The number of alkyl halides is 4. The molecule has 0 saturated carbocycles. The third-order valence-electron chi connectivity index (χ3n) is 5.50. The number of aromatic nitrogens is 5. The van der Waals surface area contributed by atoms with Crippen LogP contribution in [0.3, 0.4) is 0 Å². The molecule has 4 heterocycles. The second-order valence-corrected chi connectivity index (χ2v) is 9.28. The van der Waals surface area contributed by atoms with Gasteiger partial charge in [-0.1, -0.05) is 0 Å². The van der Waals surface area contributed by atoms with Crippen molar-refractivity contribution in [1.29, 1.82) is 5.26 Å². The third-order valence-corrected chi connectivity index (χ3v) is 6.56. The standard InChI is InChI=1S/C21H20F4N8OS/c1-12-3-4-18(16(7-26)29-12)32-10-17(28-11-32)19-13(21(23,24)25)8-27-20(31-19)30-15-5-6-33(35(2)34)9-14(15)22/h3-4,8,10-11,14-15H,5-6,9H2,1-2H3,(H,27,30,31). The molecule has 0 bridgehead atoms. The average Bonchev–Trinajstić information content (AvgIpc) is 3.29. The lowest BCUT2D eigenvalue weighted by Gasteiger charge is -2.33. The quantitative estimate of drug-likeness (QED) is 0.413. The van der Waals surface area contributed by atoms with E-state index in [2.05, 4.69) is 25.3 Å². The molecule has 3 aromatic rings. The number of nitrogens with zero attached hydrogens (tertiary/aromatic N) is 7. The van der Waals surface area contributed by atoms with Crippen LogP contribution in [0.4, 0.5) is 23.5 Å². The fourth-order valence-corrected chi connectivity index (χ4v) is 4.42. The Bertz CT molecular complexity index is 1260. The Hall–Kier alpha value is -3.28. The van der Waals surface area contributed by atoms with Crippen LogP contribution in [0.25, 0.3) is 17.1 Å². The van der Waals surface area contributed by atoms with Gasteiger partial charge < -0.3 is 14.4 Å². The highest BCUT2D eigenvalue weighted by atomic mass is 32.2. The summed E-state index contributed by atoms with van der Waals surface area (Å²) in [6.07, 6.45) is -1.26. The number of pyridine rings is 1. The average molecular weight is 509 g/mol. The van der Waals surface area contributed by atoms with Crippen LogP contribution >= 0.6 is 0 Å². The first kappa shape index (κ1) is 24.8. The van der Waals surface area contributed by atoms with Crippen LogP contribution in [-0.2, 0) is 17.5 Å². The molecule has 14 heteroatoms. The maximum atomic E-state index is 14.6. The predicted molar refractivity (Wildman–Crippen MR) is 119 cm³/mol. The Morgan fingerprint density at radius 2 is 2.03 bits per heavy atom. The highest BCUT2D eigenvalue weighted by Crippen LogP contribution is 2.36. The zero-order valence-corrected chi connectivity index (χ0v) is 19.4. The molecule has 1 fully saturated rings. The number of aryl methyl sites for hydroxylation is 1. The summed E-state index contributed by atoms with van der Waals surface area (Å²) >= 11 is -1.32. The zero-order chi connectivity index (χ0) is 25.3. The van der Waals surface area contributed by atoms with Gasteiger partial charge in [0.1, 0.15) is 41.8 Å². The van der Waals surface area contributed by atoms with Crippen molar-refractivity contribution in [2.24, 2.45) is 0 Å². The van der Waals surface area contributed by atoms with Gasteiger partial charge in [0, 0.05) is 36.0 Å². The van der Waals surface area contributed by atoms with Crippen molar-refractivity contribution < 1.29 is 22.1 Å². The number of piperidine rings is 1. The summed E-state index contributed by atoms with van der Waals surface area (Å²) in [6.45, 7) is 1.98. The van der Waals surface area contributed by atoms with Crippen molar-refractivity contribution in [3.8, 4) is 23.1 Å². The molecular weight excluding hydrogens is 488 g/mol. The molecular formula is C21H20F4N8OS. The van der Waals surface area contributed by atoms with E-state index >= 15 is 0 Å². The van der Waals surface area contributed by atoms with Gasteiger partial charge in [0.25, 0.3) is 0 Å². The smallest absolute Gasteiger partial charge is 0.420 e. The van der Waals surface area contributed by atoms with Gasteiger partial charge in [-0.2, -0.15) is 18.4 Å². The number of nitrogens with one attached hydrogen (secondary N) is 1. The van der Waals surface area contributed by atoms with Crippen molar-refractivity contribution >= 4 is 17.3 Å². The van der Waals surface area contributed by atoms with Crippen molar-refractivity contribution in [2.45, 2.75) is 31.7 Å².